The predicted octanol–water partition coefficient (Wildman–Crippen LogP) is 3.82. The van der Waals surface area contributed by atoms with Crippen molar-refractivity contribution in [2.24, 2.45) is 0 Å². The lowest BCUT2D eigenvalue weighted by atomic mass is 10.1. The summed E-state index contributed by atoms with van der Waals surface area (Å²) >= 11 is 6.22. The molecule has 7 nitrogen and oxygen atoms in total. The molecule has 0 spiro atoms. The van der Waals surface area contributed by atoms with Crippen LogP contribution in [0, 0.1) is 6.92 Å². The number of amides is 1. The number of nitrogens with zero attached hydrogens (tertiary/aromatic N) is 1. The minimum atomic E-state index is -0.316. The van der Waals surface area contributed by atoms with E-state index in [9.17, 15) is 9.59 Å². The molecule has 30 heavy (non-hydrogen) atoms. The summed E-state index contributed by atoms with van der Waals surface area (Å²) in [4.78, 5) is 31.1. The van der Waals surface area contributed by atoms with Gasteiger partial charge in [0.25, 0.3) is 5.56 Å². The van der Waals surface area contributed by atoms with Gasteiger partial charge in [-0.2, -0.15) is 0 Å². The highest BCUT2D eigenvalue weighted by Crippen LogP contribution is 2.38. The van der Waals surface area contributed by atoms with Crippen molar-refractivity contribution in [1.82, 2.24) is 9.97 Å². The number of carbonyl (C=O) groups is 1. The van der Waals surface area contributed by atoms with Crippen LogP contribution in [-0.4, -0.2) is 29.1 Å². The number of ether oxygens (including phenoxy) is 2. The van der Waals surface area contributed by atoms with E-state index in [2.05, 4.69) is 15.3 Å². The van der Waals surface area contributed by atoms with E-state index in [4.69, 9.17) is 21.1 Å². The number of rotatable bonds is 4. The Hall–Kier alpha value is -3.58. The van der Waals surface area contributed by atoms with E-state index in [1.807, 2.05) is 0 Å². The number of fused-ring (bicyclic) bond motifs is 1. The number of hydrogen-bond donors (Lipinski definition) is 2. The number of aromatic amines is 1. The van der Waals surface area contributed by atoms with Crippen LogP contribution < -0.4 is 20.3 Å². The van der Waals surface area contributed by atoms with Crippen LogP contribution >= 0.6 is 11.6 Å². The molecule has 1 aromatic heterocycles. The number of aromatic nitrogens is 2. The largest absolute Gasteiger partial charge is 0.486 e. The molecule has 0 aliphatic carbocycles. The zero-order valence-electron chi connectivity index (χ0n) is 16.1. The molecule has 3 aromatic rings. The average Bonchev–Trinajstić information content (AvgIpc) is 2.72. The molecule has 0 radical (unpaired) electrons. The molecule has 0 saturated heterocycles. The summed E-state index contributed by atoms with van der Waals surface area (Å²) in [7, 11) is 0. The van der Waals surface area contributed by atoms with Gasteiger partial charge in [-0.15, -0.1) is 0 Å². The average molecular weight is 424 g/mol. The van der Waals surface area contributed by atoms with Gasteiger partial charge >= 0.3 is 0 Å². The monoisotopic (exact) mass is 423 g/mol. The predicted molar refractivity (Wildman–Crippen MR) is 115 cm³/mol. The van der Waals surface area contributed by atoms with Crippen molar-refractivity contribution >= 4 is 29.3 Å². The van der Waals surface area contributed by atoms with Gasteiger partial charge < -0.3 is 19.8 Å². The normalized spacial score (nSPS) is 12.7. The lowest BCUT2D eigenvalue weighted by Crippen LogP contribution is -2.15. The maximum atomic E-state index is 12.4. The zero-order valence-corrected chi connectivity index (χ0v) is 16.8. The summed E-state index contributed by atoms with van der Waals surface area (Å²) in [5, 5.41) is 3.22. The third-order valence-electron chi connectivity index (χ3n) is 4.32. The van der Waals surface area contributed by atoms with Gasteiger partial charge in [0, 0.05) is 29.1 Å². The number of anilines is 1. The Morgan fingerprint density at radius 3 is 2.87 bits per heavy atom. The minimum Gasteiger partial charge on any atom is -0.486 e. The number of benzene rings is 2. The van der Waals surface area contributed by atoms with Crippen molar-refractivity contribution in [3.05, 3.63) is 75.2 Å². The number of carbonyl (C=O) groups excluding carboxylic acids is 1. The Morgan fingerprint density at radius 1 is 1.20 bits per heavy atom. The van der Waals surface area contributed by atoms with Crippen molar-refractivity contribution in [2.45, 2.75) is 6.92 Å². The van der Waals surface area contributed by atoms with Gasteiger partial charge in [0.2, 0.25) is 5.91 Å². The number of halogens is 1. The highest BCUT2D eigenvalue weighted by Gasteiger charge is 2.16. The number of H-pyrrole nitrogens is 1. The first-order valence-corrected chi connectivity index (χ1v) is 9.62. The summed E-state index contributed by atoms with van der Waals surface area (Å²) in [6.07, 6.45) is 3.05. The Balaban J connectivity index is 1.49. The maximum Gasteiger partial charge on any atom is 0.251 e. The molecule has 1 aliphatic heterocycles. The van der Waals surface area contributed by atoms with E-state index in [-0.39, 0.29) is 11.5 Å². The second-order valence-corrected chi connectivity index (χ2v) is 7.07. The summed E-state index contributed by atoms with van der Waals surface area (Å²) in [5.41, 5.74) is 2.37. The fraction of sp³-hybridized carbons (Fsp3) is 0.136. The van der Waals surface area contributed by atoms with Crippen LogP contribution in [0.4, 0.5) is 5.69 Å². The summed E-state index contributed by atoms with van der Waals surface area (Å²) in [6.45, 7) is 2.66. The van der Waals surface area contributed by atoms with Crippen molar-refractivity contribution < 1.29 is 14.3 Å². The maximum absolute atomic E-state index is 12.4. The fourth-order valence-corrected chi connectivity index (χ4v) is 3.32. The van der Waals surface area contributed by atoms with Crippen molar-refractivity contribution in [3.63, 3.8) is 0 Å². The van der Waals surface area contributed by atoms with Gasteiger partial charge in [-0.1, -0.05) is 23.7 Å². The lowest BCUT2D eigenvalue weighted by Gasteiger charge is -2.19. The summed E-state index contributed by atoms with van der Waals surface area (Å²) < 4.78 is 11.0. The van der Waals surface area contributed by atoms with Crippen LogP contribution in [0.1, 0.15) is 11.3 Å². The molecule has 0 unspecified atom stereocenters. The molecule has 2 N–H and O–H groups in total. The molecule has 1 aliphatic rings. The Kier molecular flexibility index (Phi) is 5.54. The second-order valence-electron chi connectivity index (χ2n) is 6.67. The molecule has 1 amide bonds. The molecule has 2 heterocycles. The van der Waals surface area contributed by atoms with E-state index in [1.165, 1.54) is 12.1 Å². The van der Waals surface area contributed by atoms with Gasteiger partial charge in [-0.3, -0.25) is 9.59 Å². The van der Waals surface area contributed by atoms with E-state index in [0.29, 0.717) is 52.5 Å². The molecule has 2 aromatic carbocycles. The third kappa shape index (κ3) is 4.52. The standard InChI is InChI=1S/C22H18ClN3O4/c1-13-9-20(28)26-22(24-13)15-3-2-4-16(12-15)25-19(27)6-5-14-10-17(23)21-18(11-14)29-7-8-30-21/h2-6,9-12H,7-8H2,1H3,(H,25,27)(H,24,26,28)/b6-5+. The molecular weight excluding hydrogens is 406 g/mol. The fourth-order valence-electron chi connectivity index (χ4n) is 3.04. The van der Waals surface area contributed by atoms with Gasteiger partial charge in [0.1, 0.15) is 19.0 Å². The molecule has 4 rings (SSSR count). The molecule has 0 bridgehead atoms. The number of nitrogens with one attached hydrogen (secondary N) is 2. The molecular formula is C22H18ClN3O4. The highest BCUT2D eigenvalue weighted by atomic mass is 35.5. The Morgan fingerprint density at radius 2 is 2.03 bits per heavy atom. The first-order chi connectivity index (χ1) is 14.5. The molecule has 0 atom stereocenters. The smallest absolute Gasteiger partial charge is 0.251 e. The molecule has 0 saturated carbocycles. The third-order valence-corrected chi connectivity index (χ3v) is 4.60. The van der Waals surface area contributed by atoms with Crippen LogP contribution in [0.5, 0.6) is 11.5 Å². The van der Waals surface area contributed by atoms with E-state index >= 15 is 0 Å². The first-order valence-electron chi connectivity index (χ1n) is 9.24. The quantitative estimate of drug-likeness (QED) is 0.622. The van der Waals surface area contributed by atoms with Gasteiger partial charge in [-0.25, -0.2) is 4.98 Å². The molecule has 8 heteroatoms. The first kappa shape index (κ1) is 19.7. The molecule has 0 fully saturated rings. The van der Waals surface area contributed by atoms with Crippen molar-refractivity contribution in [1.29, 1.82) is 0 Å². The Bertz CT molecular complexity index is 1200. The van der Waals surface area contributed by atoms with E-state index < -0.39 is 0 Å². The van der Waals surface area contributed by atoms with E-state index in [0.717, 1.165) is 5.56 Å². The molecule has 152 valence electrons. The summed E-state index contributed by atoms with van der Waals surface area (Å²) in [5.74, 6) is 1.20. The van der Waals surface area contributed by atoms with Crippen molar-refractivity contribution in [2.75, 3.05) is 18.5 Å². The van der Waals surface area contributed by atoms with Crippen LogP contribution in [0.25, 0.3) is 17.5 Å². The van der Waals surface area contributed by atoms with Crippen LogP contribution in [0.3, 0.4) is 0 Å². The van der Waals surface area contributed by atoms with Gasteiger partial charge in [-0.05, 0) is 42.8 Å². The van der Waals surface area contributed by atoms with E-state index in [1.54, 1.807) is 49.4 Å². The highest BCUT2D eigenvalue weighted by molar-refractivity contribution is 6.32. The van der Waals surface area contributed by atoms with Gasteiger partial charge in [0.15, 0.2) is 11.5 Å². The SMILES string of the molecule is Cc1cc(=O)[nH]c(-c2cccc(NC(=O)/C=C/c3cc(Cl)c4c(c3)OCCO4)c2)n1. The van der Waals surface area contributed by atoms with Crippen LogP contribution in [-0.2, 0) is 4.79 Å². The topological polar surface area (TPSA) is 93.3 Å². The van der Waals surface area contributed by atoms with Crippen LogP contribution in [0.2, 0.25) is 5.02 Å². The van der Waals surface area contributed by atoms with Crippen molar-refractivity contribution in [3.8, 4) is 22.9 Å². The second kappa shape index (κ2) is 8.42. The number of hydrogen-bond acceptors (Lipinski definition) is 5. The van der Waals surface area contributed by atoms with Gasteiger partial charge in [0.05, 0.1) is 5.02 Å². The lowest BCUT2D eigenvalue weighted by molar-refractivity contribution is -0.111. The number of aryl methyl sites for hydroxylation is 1. The zero-order chi connectivity index (χ0) is 21.1. The summed E-state index contributed by atoms with van der Waals surface area (Å²) in [6, 6.07) is 12.0. The Labute approximate surface area is 177 Å². The minimum absolute atomic E-state index is 0.229. The van der Waals surface area contributed by atoms with Crippen LogP contribution in [0.15, 0.2) is 53.3 Å².